The van der Waals surface area contributed by atoms with Crippen LogP contribution in [0.3, 0.4) is 0 Å². The third-order valence-electron chi connectivity index (χ3n) is 3.95. The average molecular weight is 288 g/mol. The lowest BCUT2D eigenvalue weighted by atomic mass is 10.1. The lowest BCUT2D eigenvalue weighted by Crippen LogP contribution is -2.21. The summed E-state index contributed by atoms with van der Waals surface area (Å²) in [4.78, 5) is 2.23. The van der Waals surface area contributed by atoms with Gasteiger partial charge in [0, 0.05) is 24.3 Å². The number of hydrogen-bond donors (Lipinski definition) is 1. The highest BCUT2D eigenvalue weighted by atomic mass is 19.1. The van der Waals surface area contributed by atoms with E-state index in [2.05, 4.69) is 17.1 Å². The van der Waals surface area contributed by atoms with Gasteiger partial charge in [0.1, 0.15) is 11.6 Å². The predicted octanol–water partition coefficient (Wildman–Crippen LogP) is 3.48. The number of halogens is 1. The van der Waals surface area contributed by atoms with Crippen molar-refractivity contribution in [3.63, 3.8) is 0 Å². The molecule has 0 saturated heterocycles. The first-order valence-electron chi connectivity index (χ1n) is 7.57. The minimum absolute atomic E-state index is 0.169. The Morgan fingerprint density at radius 3 is 3.10 bits per heavy atom. The molecule has 0 radical (unpaired) electrons. The van der Waals surface area contributed by atoms with Crippen molar-refractivity contribution in [2.75, 3.05) is 18.0 Å². The molecule has 21 heavy (non-hydrogen) atoms. The van der Waals surface area contributed by atoms with Crippen LogP contribution >= 0.6 is 0 Å². The molecule has 0 unspecified atom stereocenters. The van der Waals surface area contributed by atoms with Gasteiger partial charge in [-0.05, 0) is 43.1 Å². The van der Waals surface area contributed by atoms with Crippen molar-refractivity contribution in [2.45, 2.75) is 32.9 Å². The van der Waals surface area contributed by atoms with E-state index in [1.165, 1.54) is 11.1 Å². The molecule has 0 fully saturated rings. The topological polar surface area (TPSA) is 28.4 Å². The first kappa shape index (κ1) is 14.1. The minimum Gasteiger partial charge on any atom is -0.468 e. The zero-order valence-electron chi connectivity index (χ0n) is 12.4. The number of hydrogen-bond acceptors (Lipinski definition) is 3. The monoisotopic (exact) mass is 288 g/mol. The van der Waals surface area contributed by atoms with E-state index in [0.29, 0.717) is 0 Å². The van der Waals surface area contributed by atoms with Gasteiger partial charge in [-0.15, -0.1) is 0 Å². The minimum atomic E-state index is -0.169. The third-order valence-corrected chi connectivity index (χ3v) is 3.95. The molecule has 0 spiro atoms. The molecule has 1 aromatic heterocycles. The Hall–Kier alpha value is -1.81. The first-order valence-corrected chi connectivity index (χ1v) is 7.57. The Balaban J connectivity index is 1.71. The zero-order valence-corrected chi connectivity index (χ0v) is 12.4. The van der Waals surface area contributed by atoms with Gasteiger partial charge in [0.2, 0.25) is 0 Å². The molecule has 4 heteroatoms. The molecule has 3 rings (SSSR count). The lowest BCUT2D eigenvalue weighted by Gasteiger charge is -2.19. The zero-order chi connectivity index (χ0) is 14.7. The second kappa shape index (κ2) is 6.31. The number of nitrogens with zero attached hydrogens (tertiary/aromatic N) is 1. The van der Waals surface area contributed by atoms with Gasteiger partial charge >= 0.3 is 0 Å². The summed E-state index contributed by atoms with van der Waals surface area (Å²) in [5, 5.41) is 3.36. The molecule has 1 aromatic carbocycles. The lowest BCUT2D eigenvalue weighted by molar-refractivity contribution is 0.478. The number of nitrogens with one attached hydrogen (secondary N) is 1. The van der Waals surface area contributed by atoms with Crippen LogP contribution in [0.5, 0.6) is 0 Å². The van der Waals surface area contributed by atoms with Crippen molar-refractivity contribution < 1.29 is 8.81 Å². The van der Waals surface area contributed by atoms with E-state index in [0.717, 1.165) is 50.5 Å². The molecule has 2 heterocycles. The molecule has 0 bridgehead atoms. The first-order chi connectivity index (χ1) is 10.3. The fourth-order valence-electron chi connectivity index (χ4n) is 2.83. The van der Waals surface area contributed by atoms with Crippen molar-refractivity contribution in [3.8, 4) is 0 Å². The van der Waals surface area contributed by atoms with Gasteiger partial charge in [0.25, 0.3) is 0 Å². The van der Waals surface area contributed by atoms with Gasteiger partial charge in [0.05, 0.1) is 12.8 Å². The highest BCUT2D eigenvalue weighted by molar-refractivity contribution is 5.58. The maximum atomic E-state index is 13.4. The number of anilines is 1. The summed E-state index contributed by atoms with van der Waals surface area (Å²) < 4.78 is 19.0. The Morgan fingerprint density at radius 2 is 2.24 bits per heavy atom. The molecule has 3 nitrogen and oxygen atoms in total. The van der Waals surface area contributed by atoms with Gasteiger partial charge in [-0.3, -0.25) is 0 Å². The summed E-state index contributed by atoms with van der Waals surface area (Å²) in [6.07, 6.45) is 3.83. The quantitative estimate of drug-likeness (QED) is 0.825. The maximum Gasteiger partial charge on any atom is 0.125 e. The summed E-state index contributed by atoms with van der Waals surface area (Å²) in [6, 6.07) is 7.09. The highest BCUT2D eigenvalue weighted by Gasteiger charge is 2.21. The van der Waals surface area contributed by atoms with Crippen molar-refractivity contribution in [3.05, 3.63) is 53.2 Å². The predicted molar refractivity (Wildman–Crippen MR) is 81.9 cm³/mol. The molecule has 112 valence electrons. The Kier molecular flexibility index (Phi) is 4.25. The molecular formula is C17H21FN2O. The van der Waals surface area contributed by atoms with Gasteiger partial charge in [0.15, 0.2) is 0 Å². The van der Waals surface area contributed by atoms with Gasteiger partial charge in [-0.25, -0.2) is 4.39 Å². The van der Waals surface area contributed by atoms with E-state index in [1.54, 1.807) is 18.4 Å². The van der Waals surface area contributed by atoms with E-state index in [4.69, 9.17) is 4.42 Å². The van der Waals surface area contributed by atoms with Crippen LogP contribution in [0.4, 0.5) is 10.1 Å². The molecule has 1 aliphatic rings. The molecule has 0 atom stereocenters. The summed E-state index contributed by atoms with van der Waals surface area (Å²) in [5.41, 5.74) is 3.42. The van der Waals surface area contributed by atoms with E-state index >= 15 is 0 Å². The fraction of sp³-hybridized carbons (Fsp3) is 0.412. The van der Waals surface area contributed by atoms with Crippen LogP contribution in [0, 0.1) is 5.82 Å². The van der Waals surface area contributed by atoms with Crippen LogP contribution < -0.4 is 10.2 Å². The summed E-state index contributed by atoms with van der Waals surface area (Å²) in [6.45, 7) is 5.59. The normalized spacial score (nSPS) is 13.7. The van der Waals surface area contributed by atoms with Crippen LogP contribution in [-0.4, -0.2) is 13.1 Å². The fourth-order valence-corrected chi connectivity index (χ4v) is 2.83. The molecule has 1 N–H and O–H groups in total. The summed E-state index contributed by atoms with van der Waals surface area (Å²) in [7, 11) is 0. The second-order valence-corrected chi connectivity index (χ2v) is 5.49. The second-order valence-electron chi connectivity index (χ2n) is 5.49. The van der Waals surface area contributed by atoms with Crippen molar-refractivity contribution in [2.24, 2.45) is 0 Å². The maximum absolute atomic E-state index is 13.4. The average Bonchev–Trinajstić information content (AvgIpc) is 3.08. The van der Waals surface area contributed by atoms with Crippen LogP contribution in [0.25, 0.3) is 0 Å². The largest absolute Gasteiger partial charge is 0.468 e. The van der Waals surface area contributed by atoms with Gasteiger partial charge in [-0.2, -0.15) is 0 Å². The summed E-state index contributed by atoms with van der Waals surface area (Å²) in [5.74, 6) is 0.811. The third kappa shape index (κ3) is 3.10. The van der Waals surface area contributed by atoms with E-state index in [-0.39, 0.29) is 5.82 Å². The van der Waals surface area contributed by atoms with E-state index in [9.17, 15) is 4.39 Å². The Morgan fingerprint density at radius 1 is 1.33 bits per heavy atom. The Labute approximate surface area is 124 Å². The van der Waals surface area contributed by atoms with Crippen molar-refractivity contribution in [1.82, 2.24) is 5.32 Å². The summed E-state index contributed by atoms with van der Waals surface area (Å²) >= 11 is 0. The van der Waals surface area contributed by atoms with Crippen molar-refractivity contribution in [1.29, 1.82) is 0 Å². The number of furan rings is 1. The van der Waals surface area contributed by atoms with E-state index in [1.807, 2.05) is 12.1 Å². The molecule has 0 saturated carbocycles. The van der Waals surface area contributed by atoms with E-state index < -0.39 is 0 Å². The molecule has 0 amide bonds. The molecular weight excluding hydrogens is 267 g/mol. The van der Waals surface area contributed by atoms with Crippen molar-refractivity contribution >= 4 is 5.69 Å². The van der Waals surface area contributed by atoms with Crippen LogP contribution in [0.1, 0.15) is 30.2 Å². The molecule has 0 aliphatic carbocycles. The van der Waals surface area contributed by atoms with Crippen LogP contribution in [0.2, 0.25) is 0 Å². The highest BCUT2D eigenvalue weighted by Crippen LogP contribution is 2.30. The number of rotatable bonds is 6. The standard InChI is InChI=1S/C17H21FN2O/c1-2-7-19-11-17-14(6-9-21-17)12-20-8-5-13-3-4-15(18)10-16(13)20/h3-4,6,9-10,19H,2,5,7-8,11-12H2,1H3. The smallest absolute Gasteiger partial charge is 0.125 e. The molecule has 1 aliphatic heterocycles. The van der Waals surface area contributed by atoms with Crippen LogP contribution in [0.15, 0.2) is 34.9 Å². The van der Waals surface area contributed by atoms with Gasteiger partial charge < -0.3 is 14.6 Å². The SMILES string of the molecule is CCCNCc1occc1CN1CCc2ccc(F)cc21. The van der Waals surface area contributed by atoms with Crippen LogP contribution in [-0.2, 0) is 19.5 Å². The number of fused-ring (bicyclic) bond motifs is 1. The van der Waals surface area contributed by atoms with Gasteiger partial charge in [-0.1, -0.05) is 13.0 Å². The Bertz CT molecular complexity index is 609. The molecule has 2 aromatic rings. The number of benzene rings is 1.